The number of nitrogens with zero attached hydrogens (tertiary/aromatic N) is 1. The number of aliphatic carboxylic acids is 1. The summed E-state index contributed by atoms with van der Waals surface area (Å²) in [6.07, 6.45) is 0.168. The number of amides is 2. The number of rotatable bonds is 6. The predicted molar refractivity (Wildman–Crippen MR) is 119 cm³/mol. The van der Waals surface area contributed by atoms with Gasteiger partial charge in [-0.05, 0) is 42.0 Å². The van der Waals surface area contributed by atoms with E-state index >= 15 is 0 Å². The fourth-order valence-corrected chi connectivity index (χ4v) is 4.90. The Bertz CT molecular complexity index is 991. The number of nitrogens with one attached hydrogen (secondary N) is 1. The molecule has 2 amide bonds. The van der Waals surface area contributed by atoms with Crippen molar-refractivity contribution in [3.8, 4) is 11.1 Å². The average molecular weight is 437 g/mol. The van der Waals surface area contributed by atoms with E-state index in [4.69, 9.17) is 4.74 Å². The van der Waals surface area contributed by atoms with Crippen LogP contribution in [0.1, 0.15) is 43.7 Å². The van der Waals surface area contributed by atoms with Crippen molar-refractivity contribution in [2.24, 2.45) is 5.92 Å². The number of carboxylic acid groups (broad SMARTS) is 1. The van der Waals surface area contributed by atoms with Gasteiger partial charge in [0.1, 0.15) is 12.6 Å². The highest BCUT2D eigenvalue weighted by molar-refractivity contribution is 5.87. The molecule has 1 aliphatic carbocycles. The molecule has 4 rings (SSSR count). The molecule has 7 nitrogen and oxygen atoms in total. The fraction of sp³-hybridized carbons (Fsp3) is 0.400. The molecule has 2 aromatic rings. The Labute approximate surface area is 187 Å². The maximum Gasteiger partial charge on any atom is 0.407 e. The van der Waals surface area contributed by atoms with Crippen LogP contribution in [-0.2, 0) is 14.3 Å². The van der Waals surface area contributed by atoms with Crippen molar-refractivity contribution in [1.82, 2.24) is 10.2 Å². The number of fused-ring (bicyclic) bond motifs is 3. The van der Waals surface area contributed by atoms with Crippen LogP contribution < -0.4 is 5.32 Å². The molecule has 2 aliphatic rings. The van der Waals surface area contributed by atoms with Gasteiger partial charge in [0.25, 0.3) is 0 Å². The molecule has 1 fully saturated rings. The van der Waals surface area contributed by atoms with Gasteiger partial charge in [0.05, 0.1) is 5.92 Å². The quantitative estimate of drug-likeness (QED) is 0.721. The molecular weight excluding hydrogens is 408 g/mol. The van der Waals surface area contributed by atoms with Crippen molar-refractivity contribution in [3.63, 3.8) is 0 Å². The Morgan fingerprint density at radius 3 is 2.22 bits per heavy atom. The SMILES string of the molecule is CC[C@H](NC(=O)OCC1c2ccccc2-c2ccccc21)C(=O)N1CCC(C(=O)O)C1C. The summed E-state index contributed by atoms with van der Waals surface area (Å²) in [5, 5.41) is 12.0. The van der Waals surface area contributed by atoms with Gasteiger partial charge in [-0.15, -0.1) is 0 Å². The van der Waals surface area contributed by atoms with Gasteiger partial charge in [0, 0.05) is 18.5 Å². The van der Waals surface area contributed by atoms with E-state index in [2.05, 4.69) is 17.4 Å². The predicted octanol–water partition coefficient (Wildman–Crippen LogP) is 3.63. The summed E-state index contributed by atoms with van der Waals surface area (Å²) in [7, 11) is 0. The molecule has 168 valence electrons. The maximum absolute atomic E-state index is 12.9. The van der Waals surface area contributed by atoms with Crippen LogP contribution in [0.5, 0.6) is 0 Å². The highest BCUT2D eigenvalue weighted by Gasteiger charge is 2.40. The Kier molecular flexibility index (Phi) is 6.17. The molecule has 2 N–H and O–H groups in total. The van der Waals surface area contributed by atoms with Crippen molar-refractivity contribution in [2.45, 2.75) is 44.7 Å². The largest absolute Gasteiger partial charge is 0.481 e. The molecule has 2 unspecified atom stereocenters. The first-order valence-electron chi connectivity index (χ1n) is 11.1. The summed E-state index contributed by atoms with van der Waals surface area (Å²) < 4.78 is 5.56. The Hall–Kier alpha value is -3.35. The minimum atomic E-state index is -0.898. The zero-order valence-electron chi connectivity index (χ0n) is 18.3. The molecule has 1 heterocycles. The summed E-state index contributed by atoms with van der Waals surface area (Å²) in [4.78, 5) is 38.4. The monoisotopic (exact) mass is 436 g/mol. The van der Waals surface area contributed by atoms with Crippen LogP contribution in [0.2, 0.25) is 0 Å². The van der Waals surface area contributed by atoms with Gasteiger partial charge in [-0.2, -0.15) is 0 Å². The topological polar surface area (TPSA) is 95.9 Å². The van der Waals surface area contributed by atoms with Crippen molar-refractivity contribution in [2.75, 3.05) is 13.2 Å². The van der Waals surface area contributed by atoms with Gasteiger partial charge in [-0.1, -0.05) is 55.5 Å². The second kappa shape index (κ2) is 9.02. The Balaban J connectivity index is 1.39. The van der Waals surface area contributed by atoms with E-state index in [0.29, 0.717) is 19.4 Å². The molecule has 0 saturated carbocycles. The minimum absolute atomic E-state index is 0.0566. The molecule has 3 atom stereocenters. The number of hydrogen-bond donors (Lipinski definition) is 2. The molecule has 1 saturated heterocycles. The van der Waals surface area contributed by atoms with E-state index in [1.54, 1.807) is 11.8 Å². The van der Waals surface area contributed by atoms with Gasteiger partial charge in [0.2, 0.25) is 5.91 Å². The lowest BCUT2D eigenvalue weighted by Gasteiger charge is -2.28. The second-order valence-corrected chi connectivity index (χ2v) is 8.44. The second-order valence-electron chi connectivity index (χ2n) is 8.44. The molecule has 1 aliphatic heterocycles. The van der Waals surface area contributed by atoms with E-state index in [0.717, 1.165) is 22.3 Å². The van der Waals surface area contributed by atoms with Gasteiger partial charge < -0.3 is 20.1 Å². The molecule has 7 heteroatoms. The lowest BCUT2D eigenvalue weighted by Crippen LogP contribution is -2.50. The van der Waals surface area contributed by atoms with Gasteiger partial charge in [-0.25, -0.2) is 4.79 Å². The third kappa shape index (κ3) is 3.95. The normalized spacial score (nSPS) is 20.4. The first kappa shape index (κ1) is 21.9. The summed E-state index contributed by atoms with van der Waals surface area (Å²) in [5.74, 6) is -1.80. The highest BCUT2D eigenvalue weighted by atomic mass is 16.5. The fourth-order valence-electron chi connectivity index (χ4n) is 4.90. The van der Waals surface area contributed by atoms with Gasteiger partial charge in [0.15, 0.2) is 0 Å². The molecule has 2 aromatic carbocycles. The number of benzene rings is 2. The summed E-state index contributed by atoms with van der Waals surface area (Å²) in [5.41, 5.74) is 4.54. The third-order valence-electron chi connectivity index (χ3n) is 6.70. The molecule has 0 radical (unpaired) electrons. The third-order valence-corrected chi connectivity index (χ3v) is 6.70. The van der Waals surface area contributed by atoms with Crippen LogP contribution in [-0.4, -0.2) is 53.2 Å². The van der Waals surface area contributed by atoms with E-state index in [9.17, 15) is 19.5 Å². The lowest BCUT2D eigenvalue weighted by molar-refractivity contribution is -0.143. The number of carbonyl (C=O) groups is 3. The van der Waals surface area contributed by atoms with E-state index in [1.807, 2.05) is 43.3 Å². The van der Waals surface area contributed by atoms with E-state index in [1.165, 1.54) is 0 Å². The van der Waals surface area contributed by atoms with Crippen molar-refractivity contribution in [1.29, 1.82) is 0 Å². The lowest BCUT2D eigenvalue weighted by atomic mass is 9.98. The standard InChI is InChI=1S/C25H28N2O5/c1-3-22(23(28)27-13-12-16(15(27)2)24(29)30)26-25(31)32-14-21-19-10-6-4-8-17(19)18-9-5-7-11-20(18)21/h4-11,15-16,21-22H,3,12-14H2,1-2H3,(H,26,31)(H,29,30)/t15?,16?,22-/m0/s1. The van der Waals surface area contributed by atoms with Crippen LogP contribution in [0, 0.1) is 5.92 Å². The molecule has 32 heavy (non-hydrogen) atoms. The summed E-state index contributed by atoms with van der Waals surface area (Å²) >= 11 is 0. The number of alkyl carbamates (subject to hydrolysis) is 1. The van der Waals surface area contributed by atoms with Crippen LogP contribution in [0.4, 0.5) is 4.79 Å². The number of likely N-dealkylation sites (tertiary alicyclic amines) is 1. The van der Waals surface area contributed by atoms with Crippen LogP contribution in [0.3, 0.4) is 0 Å². The van der Waals surface area contributed by atoms with Gasteiger partial charge in [-0.3, -0.25) is 9.59 Å². The van der Waals surface area contributed by atoms with Crippen LogP contribution >= 0.6 is 0 Å². The maximum atomic E-state index is 12.9. The van der Waals surface area contributed by atoms with Crippen LogP contribution in [0.15, 0.2) is 48.5 Å². The average Bonchev–Trinajstić information content (AvgIpc) is 3.34. The van der Waals surface area contributed by atoms with Crippen LogP contribution in [0.25, 0.3) is 11.1 Å². The Morgan fingerprint density at radius 2 is 1.69 bits per heavy atom. The van der Waals surface area contributed by atoms with Gasteiger partial charge >= 0.3 is 12.1 Å². The molecular formula is C25H28N2O5. The van der Waals surface area contributed by atoms with E-state index in [-0.39, 0.29) is 18.4 Å². The molecule has 0 aromatic heterocycles. The number of hydrogen-bond acceptors (Lipinski definition) is 4. The zero-order valence-corrected chi connectivity index (χ0v) is 18.3. The van der Waals surface area contributed by atoms with Crippen molar-refractivity contribution >= 4 is 18.0 Å². The number of carboxylic acids is 1. The van der Waals surface area contributed by atoms with Crippen molar-refractivity contribution < 1.29 is 24.2 Å². The first-order valence-corrected chi connectivity index (χ1v) is 11.1. The minimum Gasteiger partial charge on any atom is -0.481 e. The first-order chi connectivity index (χ1) is 15.4. The smallest absolute Gasteiger partial charge is 0.407 e. The number of carbonyl (C=O) groups excluding carboxylic acids is 2. The Morgan fingerprint density at radius 1 is 1.09 bits per heavy atom. The number of ether oxygens (including phenoxy) is 1. The zero-order chi connectivity index (χ0) is 22.8. The van der Waals surface area contributed by atoms with E-state index < -0.39 is 30.1 Å². The highest BCUT2D eigenvalue weighted by Crippen LogP contribution is 2.44. The molecule has 0 spiro atoms. The molecule has 0 bridgehead atoms. The van der Waals surface area contributed by atoms with Crippen molar-refractivity contribution in [3.05, 3.63) is 59.7 Å². The summed E-state index contributed by atoms with van der Waals surface area (Å²) in [6.45, 7) is 4.09. The summed E-state index contributed by atoms with van der Waals surface area (Å²) in [6, 6.07) is 15.0.